The van der Waals surface area contributed by atoms with Crippen LogP contribution in [0.5, 0.6) is 0 Å². The van der Waals surface area contributed by atoms with Gasteiger partial charge in [0, 0.05) is 22.1 Å². The summed E-state index contributed by atoms with van der Waals surface area (Å²) in [5.41, 5.74) is 14.0. The summed E-state index contributed by atoms with van der Waals surface area (Å²) in [7, 11) is 0. The minimum atomic E-state index is 0.855. The summed E-state index contributed by atoms with van der Waals surface area (Å²) in [6.07, 6.45) is 0. The molecule has 0 N–H and O–H groups in total. The zero-order chi connectivity index (χ0) is 41.0. The molecule has 0 aliphatic carbocycles. The number of nitrogens with zero attached hydrogens (tertiary/aromatic N) is 1. The average molecular weight is 790 g/mol. The molecule has 2 nitrogen and oxygen atoms in total. The molecule has 1 aromatic heterocycles. The highest BCUT2D eigenvalue weighted by molar-refractivity contribution is 6.19. The predicted molar refractivity (Wildman–Crippen MR) is 263 cm³/mol. The molecule has 0 spiro atoms. The summed E-state index contributed by atoms with van der Waals surface area (Å²) < 4.78 is 7.00. The third kappa shape index (κ3) is 5.88. The van der Waals surface area contributed by atoms with Gasteiger partial charge in [0.15, 0.2) is 0 Å². The largest absolute Gasteiger partial charge is 0.455 e. The number of hydrogen-bond acceptors (Lipinski definition) is 2. The summed E-state index contributed by atoms with van der Waals surface area (Å²) >= 11 is 0. The SMILES string of the molecule is c1ccc(-c2ccccc2-c2ccccc2N(c2ccccc2-c2cc3ccccc3c3ccccc23)c2ccc(-c3ccc4ccccc4c3)c3oc4ccccc4c23)cc1. The van der Waals surface area contributed by atoms with Gasteiger partial charge in [-0.3, -0.25) is 0 Å². The Morgan fingerprint density at radius 1 is 0.274 bits per heavy atom. The molecule has 290 valence electrons. The molecular weight excluding hydrogens is 751 g/mol. The molecule has 1 heterocycles. The Bertz CT molecular complexity index is 3650. The topological polar surface area (TPSA) is 16.4 Å². The summed E-state index contributed by atoms with van der Waals surface area (Å²) in [6.45, 7) is 0. The lowest BCUT2D eigenvalue weighted by Crippen LogP contribution is -2.13. The van der Waals surface area contributed by atoms with Gasteiger partial charge in [-0.05, 0) is 103 Å². The number of fused-ring (bicyclic) bond motifs is 7. The van der Waals surface area contributed by atoms with Crippen molar-refractivity contribution in [3.63, 3.8) is 0 Å². The van der Waals surface area contributed by atoms with Crippen molar-refractivity contribution in [1.29, 1.82) is 0 Å². The molecule has 12 rings (SSSR count). The third-order valence-electron chi connectivity index (χ3n) is 12.5. The molecule has 11 aromatic carbocycles. The van der Waals surface area contributed by atoms with E-state index in [4.69, 9.17) is 4.42 Å². The molecule has 0 saturated heterocycles. The van der Waals surface area contributed by atoms with E-state index in [9.17, 15) is 0 Å². The zero-order valence-corrected chi connectivity index (χ0v) is 33.9. The van der Waals surface area contributed by atoms with E-state index in [1.165, 1.54) is 49.0 Å². The highest BCUT2D eigenvalue weighted by Crippen LogP contribution is 2.52. The van der Waals surface area contributed by atoms with Crippen molar-refractivity contribution in [2.75, 3.05) is 4.90 Å². The van der Waals surface area contributed by atoms with Gasteiger partial charge in [0.25, 0.3) is 0 Å². The van der Waals surface area contributed by atoms with Crippen molar-refractivity contribution in [2.24, 2.45) is 0 Å². The van der Waals surface area contributed by atoms with Gasteiger partial charge in [-0.25, -0.2) is 0 Å². The molecule has 0 aliphatic rings. The predicted octanol–water partition coefficient (Wildman–Crippen LogP) is 17.2. The van der Waals surface area contributed by atoms with Gasteiger partial charge in [0.1, 0.15) is 11.2 Å². The second kappa shape index (κ2) is 14.8. The van der Waals surface area contributed by atoms with E-state index in [0.717, 1.165) is 66.8 Å². The normalized spacial score (nSPS) is 11.5. The third-order valence-corrected chi connectivity index (χ3v) is 12.5. The van der Waals surface area contributed by atoms with Crippen molar-refractivity contribution in [3.05, 3.63) is 237 Å². The van der Waals surface area contributed by atoms with E-state index in [1.807, 2.05) is 0 Å². The van der Waals surface area contributed by atoms with Crippen LogP contribution in [0, 0.1) is 0 Å². The van der Waals surface area contributed by atoms with Crippen LogP contribution in [0.2, 0.25) is 0 Å². The molecule has 12 aromatic rings. The van der Waals surface area contributed by atoms with Crippen molar-refractivity contribution in [1.82, 2.24) is 0 Å². The second-order valence-electron chi connectivity index (χ2n) is 16.0. The van der Waals surface area contributed by atoms with Gasteiger partial charge in [-0.1, -0.05) is 194 Å². The molecule has 0 bridgehead atoms. The van der Waals surface area contributed by atoms with Crippen LogP contribution in [-0.2, 0) is 0 Å². The molecule has 0 unspecified atom stereocenters. The molecule has 0 saturated carbocycles. The Hall–Kier alpha value is -8.20. The van der Waals surface area contributed by atoms with Gasteiger partial charge >= 0.3 is 0 Å². The highest BCUT2D eigenvalue weighted by Gasteiger charge is 2.27. The fourth-order valence-corrected chi connectivity index (χ4v) is 9.63. The first kappa shape index (κ1) is 35.7. The van der Waals surface area contributed by atoms with Gasteiger partial charge in [-0.15, -0.1) is 0 Å². The first-order valence-corrected chi connectivity index (χ1v) is 21.3. The first-order chi connectivity index (χ1) is 30.8. The number of rotatable bonds is 7. The Morgan fingerprint density at radius 2 is 0.839 bits per heavy atom. The van der Waals surface area contributed by atoms with Crippen LogP contribution < -0.4 is 4.90 Å². The second-order valence-corrected chi connectivity index (χ2v) is 16.0. The monoisotopic (exact) mass is 789 g/mol. The fourth-order valence-electron chi connectivity index (χ4n) is 9.63. The quantitative estimate of drug-likeness (QED) is 0.150. The van der Waals surface area contributed by atoms with Crippen LogP contribution >= 0.6 is 0 Å². The molecule has 0 radical (unpaired) electrons. The molecule has 62 heavy (non-hydrogen) atoms. The minimum absolute atomic E-state index is 0.855. The van der Waals surface area contributed by atoms with Crippen molar-refractivity contribution >= 4 is 71.3 Å². The van der Waals surface area contributed by atoms with Crippen molar-refractivity contribution in [3.8, 4) is 44.5 Å². The van der Waals surface area contributed by atoms with E-state index >= 15 is 0 Å². The zero-order valence-electron chi connectivity index (χ0n) is 33.9. The highest BCUT2D eigenvalue weighted by atomic mass is 16.3. The smallest absolute Gasteiger partial charge is 0.145 e. The van der Waals surface area contributed by atoms with Crippen LogP contribution in [0.15, 0.2) is 241 Å². The summed E-state index contributed by atoms with van der Waals surface area (Å²) in [5.74, 6) is 0. The van der Waals surface area contributed by atoms with E-state index < -0.39 is 0 Å². The lowest BCUT2D eigenvalue weighted by atomic mass is 9.90. The molecule has 0 fully saturated rings. The van der Waals surface area contributed by atoms with E-state index in [1.54, 1.807) is 0 Å². The molecule has 0 atom stereocenters. The number of anilines is 3. The average Bonchev–Trinajstić information content (AvgIpc) is 3.74. The van der Waals surface area contributed by atoms with Gasteiger partial charge < -0.3 is 9.32 Å². The van der Waals surface area contributed by atoms with Gasteiger partial charge in [0.05, 0.1) is 22.4 Å². The van der Waals surface area contributed by atoms with E-state index in [-0.39, 0.29) is 0 Å². The van der Waals surface area contributed by atoms with Crippen LogP contribution in [0.1, 0.15) is 0 Å². The molecule has 0 aliphatic heterocycles. The van der Waals surface area contributed by atoms with Gasteiger partial charge in [-0.2, -0.15) is 0 Å². The van der Waals surface area contributed by atoms with Crippen molar-refractivity contribution in [2.45, 2.75) is 0 Å². The van der Waals surface area contributed by atoms with Crippen LogP contribution in [0.3, 0.4) is 0 Å². The molecular formula is C60H39NO. The molecule has 2 heteroatoms. The van der Waals surface area contributed by atoms with Crippen LogP contribution in [0.4, 0.5) is 17.1 Å². The minimum Gasteiger partial charge on any atom is -0.455 e. The lowest BCUT2D eigenvalue weighted by molar-refractivity contribution is 0.670. The maximum absolute atomic E-state index is 7.00. The molecule has 0 amide bonds. The number of para-hydroxylation sites is 3. The maximum Gasteiger partial charge on any atom is 0.145 e. The van der Waals surface area contributed by atoms with Crippen LogP contribution in [0.25, 0.3) is 98.8 Å². The fraction of sp³-hybridized carbons (Fsp3) is 0. The van der Waals surface area contributed by atoms with E-state index in [2.05, 4.69) is 241 Å². The Balaban J connectivity index is 1.19. The van der Waals surface area contributed by atoms with Crippen LogP contribution in [-0.4, -0.2) is 0 Å². The Kier molecular flexibility index (Phi) is 8.53. The number of furan rings is 1. The Morgan fingerprint density at radius 3 is 1.61 bits per heavy atom. The summed E-state index contributed by atoms with van der Waals surface area (Å²) in [6, 6.07) is 85.5. The number of hydrogen-bond donors (Lipinski definition) is 0. The lowest BCUT2D eigenvalue weighted by Gasteiger charge is -2.31. The maximum atomic E-state index is 7.00. The summed E-state index contributed by atoms with van der Waals surface area (Å²) in [4.78, 5) is 2.49. The van der Waals surface area contributed by atoms with Gasteiger partial charge in [0.2, 0.25) is 0 Å². The Labute approximate surface area is 360 Å². The standard InChI is InChI=1S/C60H39NO/c1-2-19-41(20-3-1)45-23-8-9-26-49(45)51-28-12-15-31-55(51)61(56-32-16-13-29-52(56)54-39-43-22-6-7-24-46(43)48-25-10-11-27-50(48)54)57-37-36-47(44-35-34-40-18-4-5-21-42(40)38-44)60-59(57)53-30-14-17-33-58(53)62-60/h1-39H. The van der Waals surface area contributed by atoms with E-state index in [0.29, 0.717) is 0 Å². The first-order valence-electron chi connectivity index (χ1n) is 21.3. The number of benzene rings is 11. The summed E-state index contributed by atoms with van der Waals surface area (Å²) in [5, 5.41) is 9.46. The van der Waals surface area contributed by atoms with Crippen molar-refractivity contribution < 1.29 is 4.42 Å².